The Morgan fingerprint density at radius 3 is 2.41 bits per heavy atom. The monoisotopic (exact) mass is 434 g/mol. The first-order valence-electron chi connectivity index (χ1n) is 7.20. The molecule has 0 radical (unpaired) electrons. The van der Waals surface area contributed by atoms with Gasteiger partial charge in [-0.3, -0.25) is 0 Å². The molecule has 1 aliphatic heterocycles. The van der Waals surface area contributed by atoms with Crippen molar-refractivity contribution in [1.82, 2.24) is 0 Å². The van der Waals surface area contributed by atoms with E-state index in [4.69, 9.17) is 9.16 Å². The Bertz CT molecular complexity index is 587. The number of ether oxygens (including phenoxy) is 1. The number of halogens is 2. The smallest absolute Gasteiger partial charge is 1.00 e. The third-order valence-corrected chi connectivity index (χ3v) is 8.68. The van der Waals surface area contributed by atoms with Gasteiger partial charge in [-0.25, -0.2) is 0 Å². The summed E-state index contributed by atoms with van der Waals surface area (Å²) in [5.41, 5.74) is 2.51. The number of hydrogen-bond acceptors (Lipinski definition) is 2. The number of rotatable bonds is 3. The van der Waals surface area contributed by atoms with Gasteiger partial charge in [0.1, 0.15) is 0 Å². The molecule has 6 heteroatoms. The second kappa shape index (κ2) is 7.11. The van der Waals surface area contributed by atoms with E-state index in [1.165, 1.54) is 11.1 Å². The minimum Gasteiger partial charge on any atom is -1.00 e. The van der Waals surface area contributed by atoms with Crippen molar-refractivity contribution in [3.63, 3.8) is 0 Å². The minimum atomic E-state index is -1.58. The van der Waals surface area contributed by atoms with E-state index in [0.717, 1.165) is 18.6 Å². The predicted molar refractivity (Wildman–Crippen MR) is 80.4 cm³/mol. The van der Waals surface area contributed by atoms with Crippen LogP contribution in [0.15, 0.2) is 41.7 Å². The Morgan fingerprint density at radius 1 is 1.14 bits per heavy atom. The summed E-state index contributed by atoms with van der Waals surface area (Å²) < 4.78 is 15.7. The molecule has 1 atom stereocenters. The third-order valence-electron chi connectivity index (χ3n) is 4.09. The quantitative estimate of drug-likeness (QED) is 0.482. The minimum absolute atomic E-state index is 0. The Kier molecular flexibility index (Phi) is 6.60. The van der Waals surface area contributed by atoms with Crippen LogP contribution in [0.25, 0.3) is 0 Å². The third kappa shape index (κ3) is 3.42. The zero-order valence-corrected chi connectivity index (χ0v) is 18.7. The van der Waals surface area contributed by atoms with E-state index >= 15 is 0 Å². The van der Waals surface area contributed by atoms with E-state index in [-0.39, 0.29) is 30.4 Å². The molecule has 0 fully saturated rings. The summed E-state index contributed by atoms with van der Waals surface area (Å²) in [6.07, 6.45) is 9.13. The summed E-state index contributed by atoms with van der Waals surface area (Å²) in [7, 11) is 0.255. The van der Waals surface area contributed by atoms with Gasteiger partial charge in [0.15, 0.2) is 0 Å². The summed E-state index contributed by atoms with van der Waals surface area (Å²) in [5, 5.41) is 0. The molecule has 1 heterocycles. The van der Waals surface area contributed by atoms with E-state index in [0.29, 0.717) is 0 Å². The molecule has 0 N–H and O–H groups in total. The van der Waals surface area contributed by atoms with E-state index in [1.54, 1.807) is 6.56 Å². The molecule has 2 nitrogen and oxygen atoms in total. The maximum atomic E-state index is 6.36. The molecule has 1 unspecified atom stereocenters. The second-order valence-electron chi connectivity index (χ2n) is 6.70. The second-order valence-corrected chi connectivity index (χ2v) is 14.7. The number of hydrogen-bond donors (Lipinski definition) is 0. The maximum absolute atomic E-state index is 6.36. The van der Waals surface area contributed by atoms with E-state index in [2.05, 4.69) is 44.8 Å². The van der Waals surface area contributed by atoms with Crippen LogP contribution >= 0.6 is 0 Å². The van der Waals surface area contributed by atoms with Gasteiger partial charge in [-0.2, -0.15) is 0 Å². The summed E-state index contributed by atoms with van der Waals surface area (Å²) in [6.45, 7) is 8.97. The normalized spacial score (nSPS) is 25.4. The van der Waals surface area contributed by atoms with Crippen LogP contribution in [0.4, 0.5) is 0 Å². The Hall–Kier alpha value is 0.400. The molecule has 0 aromatic heterocycles. The van der Waals surface area contributed by atoms with Gasteiger partial charge < -0.3 is 24.8 Å². The standard InChI is InChI=1S/C16H22O2Si.2ClH.Zr/c1-16(17-2,13-9-6-7-10-13)14-11-8-12-15(14)18-19(3,4)5;;;/h6,9,12H,7-8H2,1-5H3;2*1H;/q;;;+2/p-2. The van der Waals surface area contributed by atoms with Gasteiger partial charge in [0.25, 0.3) is 0 Å². The molecule has 2 aliphatic carbocycles. The Morgan fingerprint density at radius 2 is 1.82 bits per heavy atom. The first-order chi connectivity index (χ1) is 9.35. The van der Waals surface area contributed by atoms with Crippen molar-refractivity contribution < 1.29 is 57.2 Å². The van der Waals surface area contributed by atoms with E-state index in [1.807, 2.05) is 7.11 Å². The molecule has 3 rings (SSSR count). The molecule has 0 bridgehead atoms. The zero-order chi connectivity index (χ0) is 14.5. The van der Waals surface area contributed by atoms with Crippen molar-refractivity contribution in [2.24, 2.45) is 0 Å². The predicted octanol–water partition coefficient (Wildman–Crippen LogP) is -1.90. The fourth-order valence-electron chi connectivity index (χ4n) is 3.21. The van der Waals surface area contributed by atoms with Crippen molar-refractivity contribution in [1.29, 1.82) is 0 Å². The molecule has 22 heavy (non-hydrogen) atoms. The molecule has 120 valence electrons. The average Bonchev–Trinajstić information content (AvgIpc) is 2.95. The van der Waals surface area contributed by atoms with Gasteiger partial charge in [0.2, 0.25) is 0 Å². The van der Waals surface area contributed by atoms with Crippen LogP contribution in [0.3, 0.4) is 0 Å². The van der Waals surface area contributed by atoms with E-state index in [9.17, 15) is 0 Å². The van der Waals surface area contributed by atoms with Crippen molar-refractivity contribution in [2.45, 2.75) is 45.0 Å². The van der Waals surface area contributed by atoms with Crippen molar-refractivity contribution in [3.8, 4) is 0 Å². The fraction of sp³-hybridized carbons (Fsp3) is 0.500. The van der Waals surface area contributed by atoms with Gasteiger partial charge in [-0.05, 0) is 0 Å². The van der Waals surface area contributed by atoms with Crippen LogP contribution < -0.4 is 24.8 Å². The summed E-state index contributed by atoms with van der Waals surface area (Å²) in [5.74, 6) is 1.12. The molecule has 3 aliphatic rings. The van der Waals surface area contributed by atoms with E-state index < -0.39 is 31.6 Å². The molecule has 0 saturated carbocycles. The van der Waals surface area contributed by atoms with Crippen LogP contribution in [-0.4, -0.2) is 21.0 Å². The van der Waals surface area contributed by atoms with Crippen molar-refractivity contribution >= 4 is 8.32 Å². The average molecular weight is 437 g/mol. The first kappa shape index (κ1) is 20.4. The molecular weight excluding hydrogens is 414 g/mol. The zero-order valence-electron chi connectivity index (χ0n) is 13.7. The molecule has 0 saturated heterocycles. The van der Waals surface area contributed by atoms with Crippen molar-refractivity contribution in [2.75, 3.05) is 7.11 Å². The molecule has 0 aromatic rings. The van der Waals surface area contributed by atoms with Gasteiger partial charge in [-0.1, -0.05) is 0 Å². The Labute approximate surface area is 158 Å². The van der Waals surface area contributed by atoms with Crippen LogP contribution in [0.2, 0.25) is 19.6 Å². The SMILES string of the molecule is COC1(C)C2=[C](CC=C2)[Zr+2][C]2=C1C(O[Si](C)(C)C)=CC2.[Cl-].[Cl-]. The molecule has 0 spiro atoms. The molecular formula is C16H22Cl2O2SiZr. The Balaban J connectivity index is 0.00000121. The van der Waals surface area contributed by atoms with Crippen molar-refractivity contribution in [3.05, 3.63) is 41.7 Å². The first-order valence-corrected chi connectivity index (χ1v) is 13.1. The summed E-state index contributed by atoms with van der Waals surface area (Å²) >= 11 is -0.607. The molecule has 0 amide bonds. The van der Waals surface area contributed by atoms with Gasteiger partial charge in [0.05, 0.1) is 0 Å². The van der Waals surface area contributed by atoms with Gasteiger partial charge in [0, 0.05) is 0 Å². The van der Waals surface area contributed by atoms with Gasteiger partial charge in [-0.15, -0.1) is 0 Å². The number of allylic oxidation sites excluding steroid dienone is 4. The summed E-state index contributed by atoms with van der Waals surface area (Å²) in [4.78, 5) is 0. The van der Waals surface area contributed by atoms with Crippen LogP contribution in [0.1, 0.15) is 19.8 Å². The topological polar surface area (TPSA) is 18.5 Å². The van der Waals surface area contributed by atoms with Gasteiger partial charge >= 0.3 is 135 Å². The van der Waals surface area contributed by atoms with Crippen LogP contribution in [0.5, 0.6) is 0 Å². The fourth-order valence-corrected chi connectivity index (χ4v) is 8.31. The summed E-state index contributed by atoms with van der Waals surface area (Å²) in [6, 6.07) is 0. The number of methoxy groups -OCH3 is 1. The largest absolute Gasteiger partial charge is 1.00 e. The maximum Gasteiger partial charge on any atom is -1.00 e. The van der Waals surface area contributed by atoms with Crippen LogP contribution in [-0.2, 0) is 32.4 Å². The van der Waals surface area contributed by atoms with Crippen LogP contribution in [0, 0.1) is 0 Å². The molecule has 0 aromatic carbocycles.